The molecule has 2 rings (SSSR count). The molecule has 2 aromatic carbocycles. The Morgan fingerprint density at radius 1 is 1.00 bits per heavy atom. The van der Waals surface area contributed by atoms with Gasteiger partial charge in [-0.2, -0.15) is 0 Å². The van der Waals surface area contributed by atoms with Gasteiger partial charge in [0.1, 0.15) is 11.6 Å². The first-order valence-electron chi connectivity index (χ1n) is 6.61. The highest BCUT2D eigenvalue weighted by Gasteiger charge is 2.11. The van der Waals surface area contributed by atoms with Crippen molar-refractivity contribution < 1.29 is 29.9 Å². The third-order valence-corrected chi connectivity index (χ3v) is 2.83. The second-order valence-corrected chi connectivity index (χ2v) is 4.53. The molecule has 0 amide bonds. The van der Waals surface area contributed by atoms with Crippen molar-refractivity contribution >= 4 is 11.9 Å². The van der Waals surface area contributed by atoms with Crippen molar-refractivity contribution in [2.45, 2.75) is 12.5 Å². The van der Waals surface area contributed by atoms with Gasteiger partial charge in [0.15, 0.2) is 5.75 Å². The first-order chi connectivity index (χ1) is 11.0. The van der Waals surface area contributed by atoms with Crippen LogP contribution in [0.1, 0.15) is 15.9 Å². The van der Waals surface area contributed by atoms with Gasteiger partial charge in [-0.15, -0.1) is 0 Å². The summed E-state index contributed by atoms with van der Waals surface area (Å²) in [5.41, 5.74) is 6.24. The van der Waals surface area contributed by atoms with Crippen LogP contribution in [0.25, 0.3) is 0 Å². The number of benzene rings is 2. The van der Waals surface area contributed by atoms with Crippen LogP contribution in [-0.4, -0.2) is 33.5 Å². The van der Waals surface area contributed by atoms with Gasteiger partial charge in [0.2, 0.25) is 0 Å². The minimum Gasteiger partial charge on any atom is -0.480 e. The number of rotatable bonds is 5. The normalized spacial score (nSPS) is 10.9. The zero-order chi connectivity index (χ0) is 17.2. The van der Waals surface area contributed by atoms with Crippen LogP contribution in [0.4, 0.5) is 0 Å². The summed E-state index contributed by atoms with van der Waals surface area (Å²) in [4.78, 5) is 24.6. The van der Waals surface area contributed by atoms with Crippen molar-refractivity contribution in [2.24, 2.45) is 5.73 Å². The first kappa shape index (κ1) is 18.1. The van der Waals surface area contributed by atoms with Gasteiger partial charge in [0.05, 0.1) is 0 Å². The fourth-order valence-corrected chi connectivity index (χ4v) is 1.68. The minimum absolute atomic E-state index is 0.0556. The quantitative estimate of drug-likeness (QED) is 0.489. The van der Waals surface area contributed by atoms with Crippen LogP contribution in [0.3, 0.4) is 0 Å². The molecule has 1 atom stereocenters. The van der Waals surface area contributed by atoms with Crippen LogP contribution >= 0.6 is 0 Å². The lowest BCUT2D eigenvalue weighted by molar-refractivity contribution is -0.138. The van der Waals surface area contributed by atoms with E-state index in [9.17, 15) is 9.59 Å². The Hall–Kier alpha value is -2.90. The van der Waals surface area contributed by atoms with E-state index in [1.54, 1.807) is 12.1 Å². The maximum atomic E-state index is 10.4. The Kier molecular flexibility index (Phi) is 7.25. The Morgan fingerprint density at radius 3 is 2.04 bits per heavy atom. The summed E-state index contributed by atoms with van der Waals surface area (Å²) in [5.74, 6) is -2.14. The summed E-state index contributed by atoms with van der Waals surface area (Å²) in [7, 11) is 0. The molecular formula is C16H17NO6. The Labute approximate surface area is 132 Å². The monoisotopic (exact) mass is 319 g/mol. The van der Waals surface area contributed by atoms with Gasteiger partial charge >= 0.3 is 11.9 Å². The molecule has 0 saturated carbocycles. The highest BCUT2D eigenvalue weighted by Crippen LogP contribution is 2.16. The van der Waals surface area contributed by atoms with Gasteiger partial charge in [0, 0.05) is 0 Å². The number of hydrogen-bond donors (Lipinski definition) is 4. The molecule has 0 aliphatic rings. The number of hydrogen-bond acceptors (Lipinski definition) is 5. The van der Waals surface area contributed by atoms with E-state index in [4.69, 9.17) is 21.2 Å². The molecule has 2 aromatic rings. The average molecular weight is 319 g/mol. The molecule has 23 heavy (non-hydrogen) atoms. The van der Waals surface area contributed by atoms with E-state index in [1.165, 1.54) is 12.1 Å². The number of carboxylic acid groups (broad SMARTS) is 2. The van der Waals surface area contributed by atoms with E-state index in [2.05, 4.69) is 4.89 Å². The van der Waals surface area contributed by atoms with Gasteiger partial charge in [-0.25, -0.2) is 10.1 Å². The lowest BCUT2D eigenvalue weighted by Crippen LogP contribution is -2.32. The second kappa shape index (κ2) is 9.19. The van der Waals surface area contributed by atoms with Crippen molar-refractivity contribution in [3.8, 4) is 5.75 Å². The predicted molar refractivity (Wildman–Crippen MR) is 82.4 cm³/mol. The topological polar surface area (TPSA) is 130 Å². The third-order valence-electron chi connectivity index (χ3n) is 2.83. The molecule has 0 aromatic heterocycles. The molecule has 0 aliphatic carbocycles. The van der Waals surface area contributed by atoms with Crippen LogP contribution in [0, 0.1) is 0 Å². The van der Waals surface area contributed by atoms with Crippen molar-refractivity contribution in [2.75, 3.05) is 0 Å². The van der Waals surface area contributed by atoms with Gasteiger partial charge in [-0.05, 0) is 24.1 Å². The number of nitrogens with two attached hydrogens (primary N) is 1. The molecule has 7 heteroatoms. The van der Waals surface area contributed by atoms with E-state index in [-0.39, 0.29) is 11.3 Å². The van der Waals surface area contributed by atoms with E-state index < -0.39 is 18.0 Å². The molecule has 7 nitrogen and oxygen atoms in total. The Balaban J connectivity index is 0.000000231. The lowest BCUT2D eigenvalue weighted by atomic mass is 10.1. The summed E-state index contributed by atoms with van der Waals surface area (Å²) >= 11 is 0. The number of carbonyl (C=O) groups is 2. The summed E-state index contributed by atoms with van der Waals surface area (Å²) in [6.45, 7) is 0. The van der Waals surface area contributed by atoms with Crippen LogP contribution in [0.15, 0.2) is 54.6 Å². The zero-order valence-corrected chi connectivity index (χ0v) is 12.1. The number of para-hydroxylation sites is 1. The van der Waals surface area contributed by atoms with Crippen molar-refractivity contribution in [1.29, 1.82) is 0 Å². The van der Waals surface area contributed by atoms with Crippen molar-refractivity contribution in [3.63, 3.8) is 0 Å². The molecule has 5 N–H and O–H groups in total. The molecule has 0 bridgehead atoms. The SMILES string of the molecule is N[C@@H](Cc1ccccc1)C(=O)O.O=C(O)c1ccccc1OO. The van der Waals surface area contributed by atoms with Crippen LogP contribution in [0.5, 0.6) is 5.75 Å². The molecule has 0 unspecified atom stereocenters. The molecule has 0 fully saturated rings. The molecule has 0 aliphatic heterocycles. The van der Waals surface area contributed by atoms with Gasteiger partial charge in [0.25, 0.3) is 0 Å². The molecule has 0 heterocycles. The molecular weight excluding hydrogens is 302 g/mol. The highest BCUT2D eigenvalue weighted by atomic mass is 17.1. The van der Waals surface area contributed by atoms with Crippen LogP contribution < -0.4 is 10.6 Å². The van der Waals surface area contributed by atoms with Gasteiger partial charge in [-0.1, -0.05) is 42.5 Å². The smallest absolute Gasteiger partial charge is 0.339 e. The first-order valence-corrected chi connectivity index (χ1v) is 6.61. The second-order valence-electron chi connectivity index (χ2n) is 4.53. The Bertz CT molecular complexity index is 644. The number of aliphatic carboxylic acids is 1. The van der Waals surface area contributed by atoms with Crippen LogP contribution in [-0.2, 0) is 11.2 Å². The van der Waals surface area contributed by atoms with E-state index in [0.29, 0.717) is 6.42 Å². The zero-order valence-electron chi connectivity index (χ0n) is 12.1. The molecule has 122 valence electrons. The maximum Gasteiger partial charge on any atom is 0.339 e. The molecule has 0 radical (unpaired) electrons. The number of carboxylic acids is 2. The summed E-state index contributed by atoms with van der Waals surface area (Å²) in [6, 6.07) is 14.4. The summed E-state index contributed by atoms with van der Waals surface area (Å²) in [6.07, 6.45) is 0.385. The maximum absolute atomic E-state index is 10.4. The largest absolute Gasteiger partial charge is 0.480 e. The fourth-order valence-electron chi connectivity index (χ4n) is 1.68. The molecule has 0 saturated heterocycles. The fraction of sp³-hybridized carbons (Fsp3) is 0.125. The summed E-state index contributed by atoms with van der Waals surface area (Å²) in [5, 5.41) is 25.2. The van der Waals surface area contributed by atoms with E-state index in [0.717, 1.165) is 5.56 Å². The van der Waals surface area contributed by atoms with Crippen molar-refractivity contribution in [3.05, 3.63) is 65.7 Å². The predicted octanol–water partition coefficient (Wildman–Crippen LogP) is 1.88. The summed E-state index contributed by atoms with van der Waals surface area (Å²) < 4.78 is 0. The van der Waals surface area contributed by atoms with E-state index >= 15 is 0 Å². The van der Waals surface area contributed by atoms with E-state index in [1.807, 2.05) is 30.3 Å². The van der Waals surface area contributed by atoms with Crippen LogP contribution in [0.2, 0.25) is 0 Å². The van der Waals surface area contributed by atoms with Crippen molar-refractivity contribution in [1.82, 2.24) is 0 Å². The molecule has 0 spiro atoms. The van der Waals surface area contributed by atoms with Gasteiger partial charge < -0.3 is 20.8 Å². The highest BCUT2D eigenvalue weighted by molar-refractivity contribution is 5.90. The minimum atomic E-state index is -1.13. The third kappa shape index (κ3) is 6.16. The van der Waals surface area contributed by atoms with Gasteiger partial charge in [-0.3, -0.25) is 4.79 Å². The average Bonchev–Trinajstić information content (AvgIpc) is 2.56. The number of aromatic carboxylic acids is 1. The standard InChI is InChI=1S/C9H11NO2.C7H6O4/c10-8(9(11)12)6-7-4-2-1-3-5-7;8-7(9)5-3-1-2-4-6(5)11-10/h1-5,8H,6,10H2,(H,11,12);1-4,10H,(H,8,9)/t8-;/m0./s1. The lowest BCUT2D eigenvalue weighted by Gasteiger charge is -2.04. The Morgan fingerprint density at radius 2 is 1.57 bits per heavy atom.